The molecule has 5 nitrogen and oxygen atoms in total. The molecular formula is C14H24ClN3O2S. The highest BCUT2D eigenvalue weighted by atomic mass is 35.5. The second-order valence-electron chi connectivity index (χ2n) is 5.30. The van der Waals surface area contributed by atoms with Crippen LogP contribution in [0.2, 0.25) is 5.02 Å². The van der Waals surface area contributed by atoms with E-state index >= 15 is 0 Å². The largest absolute Gasteiger partial charge is 0.369 e. The first-order chi connectivity index (χ1) is 9.78. The third-order valence-electron chi connectivity index (χ3n) is 3.61. The predicted molar refractivity (Wildman–Crippen MR) is 87.3 cm³/mol. The van der Waals surface area contributed by atoms with Gasteiger partial charge in [0.25, 0.3) is 0 Å². The van der Waals surface area contributed by atoms with E-state index in [-0.39, 0.29) is 4.90 Å². The molecule has 1 aromatic heterocycles. The van der Waals surface area contributed by atoms with Crippen molar-refractivity contribution in [2.24, 2.45) is 0 Å². The van der Waals surface area contributed by atoms with Crippen molar-refractivity contribution in [1.82, 2.24) is 9.71 Å². The maximum atomic E-state index is 12.4. The fourth-order valence-electron chi connectivity index (χ4n) is 1.72. The maximum absolute atomic E-state index is 12.4. The van der Waals surface area contributed by atoms with Crippen molar-refractivity contribution in [3.8, 4) is 0 Å². The van der Waals surface area contributed by atoms with Gasteiger partial charge < -0.3 is 5.32 Å². The Bertz CT molecular complexity index is 572. The van der Waals surface area contributed by atoms with E-state index in [4.69, 9.17) is 11.6 Å². The molecule has 0 saturated heterocycles. The van der Waals surface area contributed by atoms with Gasteiger partial charge in [0.2, 0.25) is 10.0 Å². The van der Waals surface area contributed by atoms with E-state index in [1.807, 2.05) is 27.7 Å². The summed E-state index contributed by atoms with van der Waals surface area (Å²) in [6, 6.07) is 1.43. The Kier molecular flexibility index (Phi) is 6.43. The van der Waals surface area contributed by atoms with E-state index in [0.29, 0.717) is 23.7 Å². The molecule has 1 aromatic rings. The lowest BCUT2D eigenvalue weighted by Crippen LogP contribution is -2.44. The summed E-state index contributed by atoms with van der Waals surface area (Å²) in [5, 5.41) is 3.36. The van der Waals surface area contributed by atoms with Crippen LogP contribution in [0.15, 0.2) is 17.2 Å². The molecule has 0 aliphatic rings. The second kappa shape index (κ2) is 7.42. The second-order valence-corrected chi connectivity index (χ2v) is 7.39. The molecular weight excluding hydrogens is 310 g/mol. The molecule has 1 heterocycles. The Morgan fingerprint density at radius 3 is 2.38 bits per heavy atom. The van der Waals surface area contributed by atoms with Gasteiger partial charge >= 0.3 is 0 Å². The topological polar surface area (TPSA) is 71.1 Å². The molecule has 0 atom stereocenters. The molecule has 0 aliphatic heterocycles. The van der Waals surface area contributed by atoms with E-state index in [0.717, 1.165) is 13.0 Å². The van der Waals surface area contributed by atoms with Crippen LogP contribution in [0, 0.1) is 0 Å². The van der Waals surface area contributed by atoms with Gasteiger partial charge in [-0.1, -0.05) is 32.4 Å². The van der Waals surface area contributed by atoms with Gasteiger partial charge in [-0.2, -0.15) is 0 Å². The summed E-state index contributed by atoms with van der Waals surface area (Å²) in [4.78, 5) is 4.19. The highest BCUT2D eigenvalue weighted by Gasteiger charge is 2.28. The first-order valence-electron chi connectivity index (χ1n) is 7.21. The summed E-state index contributed by atoms with van der Waals surface area (Å²) in [5.41, 5.74) is -0.468. The first kappa shape index (κ1) is 18.2. The minimum atomic E-state index is -3.63. The zero-order chi connectivity index (χ0) is 16.1. The zero-order valence-corrected chi connectivity index (χ0v) is 14.6. The van der Waals surface area contributed by atoms with Crippen LogP contribution in [0.3, 0.4) is 0 Å². The molecule has 21 heavy (non-hydrogen) atoms. The summed E-state index contributed by atoms with van der Waals surface area (Å²) >= 11 is 6.09. The van der Waals surface area contributed by atoms with Crippen LogP contribution in [-0.4, -0.2) is 25.5 Å². The number of sulfonamides is 1. The van der Waals surface area contributed by atoms with E-state index in [1.165, 1.54) is 12.3 Å². The van der Waals surface area contributed by atoms with Gasteiger partial charge in [0.15, 0.2) is 0 Å². The standard InChI is InChI=1S/C14H24ClN3O2S/c1-5-8-16-13-12(15)9-11(10-17-13)21(19,20)18-14(4,6-2)7-3/h9-10,18H,5-8H2,1-4H3,(H,16,17). The lowest BCUT2D eigenvalue weighted by molar-refractivity contribution is 0.388. The average molecular weight is 334 g/mol. The van der Waals surface area contributed by atoms with Crippen molar-refractivity contribution in [1.29, 1.82) is 0 Å². The fourth-order valence-corrected chi connectivity index (χ4v) is 3.54. The normalized spacial score (nSPS) is 12.4. The van der Waals surface area contributed by atoms with Gasteiger partial charge in [-0.15, -0.1) is 0 Å². The number of pyridine rings is 1. The molecule has 0 aromatic carbocycles. The van der Waals surface area contributed by atoms with Crippen LogP contribution in [0.1, 0.15) is 47.0 Å². The lowest BCUT2D eigenvalue weighted by atomic mass is 9.98. The molecule has 0 saturated carbocycles. The van der Waals surface area contributed by atoms with Crippen molar-refractivity contribution in [3.05, 3.63) is 17.3 Å². The molecule has 0 spiro atoms. The SMILES string of the molecule is CCCNc1ncc(S(=O)(=O)NC(C)(CC)CC)cc1Cl. The number of aromatic nitrogens is 1. The van der Waals surface area contributed by atoms with Gasteiger partial charge in [0.05, 0.1) is 5.02 Å². The highest BCUT2D eigenvalue weighted by Crippen LogP contribution is 2.24. The smallest absolute Gasteiger partial charge is 0.242 e. The maximum Gasteiger partial charge on any atom is 0.242 e. The molecule has 0 amide bonds. The Morgan fingerprint density at radius 1 is 1.29 bits per heavy atom. The van der Waals surface area contributed by atoms with Crippen LogP contribution < -0.4 is 10.0 Å². The molecule has 7 heteroatoms. The molecule has 1 rings (SSSR count). The summed E-state index contributed by atoms with van der Waals surface area (Å²) in [7, 11) is -3.63. The predicted octanol–water partition coefficient (Wildman–Crippen LogP) is 3.41. The molecule has 0 unspecified atom stereocenters. The number of rotatable bonds is 8. The van der Waals surface area contributed by atoms with Crippen molar-refractivity contribution in [2.45, 2.75) is 57.4 Å². The summed E-state index contributed by atoms with van der Waals surface area (Å²) in [5.74, 6) is 0.506. The first-order valence-corrected chi connectivity index (χ1v) is 9.07. The Morgan fingerprint density at radius 2 is 1.90 bits per heavy atom. The van der Waals surface area contributed by atoms with Crippen molar-refractivity contribution >= 4 is 27.4 Å². The average Bonchev–Trinajstić information content (AvgIpc) is 2.45. The van der Waals surface area contributed by atoms with Gasteiger partial charge in [-0.3, -0.25) is 0 Å². The molecule has 0 aliphatic carbocycles. The molecule has 2 N–H and O–H groups in total. The van der Waals surface area contributed by atoms with Gasteiger partial charge in [0.1, 0.15) is 10.7 Å². The number of nitrogens with zero attached hydrogens (tertiary/aromatic N) is 1. The number of anilines is 1. The van der Waals surface area contributed by atoms with Crippen LogP contribution in [0.5, 0.6) is 0 Å². The number of halogens is 1. The fraction of sp³-hybridized carbons (Fsp3) is 0.643. The Labute approximate surface area is 132 Å². The lowest BCUT2D eigenvalue weighted by Gasteiger charge is -2.27. The van der Waals surface area contributed by atoms with Crippen LogP contribution in [0.4, 0.5) is 5.82 Å². The number of nitrogens with one attached hydrogen (secondary N) is 2. The van der Waals surface area contributed by atoms with Crippen LogP contribution >= 0.6 is 11.6 Å². The van der Waals surface area contributed by atoms with Gasteiger partial charge in [-0.05, 0) is 32.3 Å². The summed E-state index contributed by atoms with van der Waals surface area (Å²) in [6.45, 7) is 8.56. The molecule has 0 bridgehead atoms. The van der Waals surface area contributed by atoms with Gasteiger partial charge in [-0.25, -0.2) is 18.1 Å². The summed E-state index contributed by atoms with van der Waals surface area (Å²) in [6.07, 6.45) is 3.68. The van der Waals surface area contributed by atoms with Crippen molar-refractivity contribution < 1.29 is 8.42 Å². The highest BCUT2D eigenvalue weighted by molar-refractivity contribution is 7.89. The number of hydrogen-bond donors (Lipinski definition) is 2. The Hall–Kier alpha value is -0.850. The minimum Gasteiger partial charge on any atom is -0.369 e. The molecule has 120 valence electrons. The third-order valence-corrected chi connectivity index (χ3v) is 5.50. The van der Waals surface area contributed by atoms with E-state index in [1.54, 1.807) is 0 Å². The minimum absolute atomic E-state index is 0.0858. The Balaban J connectivity index is 3.02. The monoisotopic (exact) mass is 333 g/mol. The van der Waals surface area contributed by atoms with Crippen molar-refractivity contribution in [3.63, 3.8) is 0 Å². The van der Waals surface area contributed by atoms with Crippen molar-refractivity contribution in [2.75, 3.05) is 11.9 Å². The van der Waals surface area contributed by atoms with E-state index in [2.05, 4.69) is 15.0 Å². The summed E-state index contributed by atoms with van der Waals surface area (Å²) < 4.78 is 27.6. The van der Waals surface area contributed by atoms with Crippen LogP contribution in [-0.2, 0) is 10.0 Å². The molecule has 0 fully saturated rings. The van der Waals surface area contributed by atoms with E-state index < -0.39 is 15.6 Å². The third kappa shape index (κ3) is 4.83. The van der Waals surface area contributed by atoms with E-state index in [9.17, 15) is 8.42 Å². The quantitative estimate of drug-likeness (QED) is 0.764. The zero-order valence-electron chi connectivity index (χ0n) is 13.0. The van der Waals surface area contributed by atoms with Crippen LogP contribution in [0.25, 0.3) is 0 Å². The number of hydrogen-bond acceptors (Lipinski definition) is 4. The van der Waals surface area contributed by atoms with Gasteiger partial charge in [0, 0.05) is 18.3 Å². The molecule has 0 radical (unpaired) electrons.